The highest BCUT2D eigenvalue weighted by atomic mass is 32.1. The van der Waals surface area contributed by atoms with Gasteiger partial charge in [0.1, 0.15) is 5.69 Å². The average molecular weight is 427 g/mol. The van der Waals surface area contributed by atoms with Crippen LogP contribution in [-0.2, 0) is 16.1 Å². The largest absolute Gasteiger partial charge is 0.454 e. The van der Waals surface area contributed by atoms with E-state index in [1.54, 1.807) is 6.07 Å². The maximum atomic E-state index is 12.3. The Labute approximate surface area is 177 Å². The van der Waals surface area contributed by atoms with E-state index in [1.165, 1.54) is 11.3 Å². The Bertz CT molecular complexity index is 1040. The summed E-state index contributed by atoms with van der Waals surface area (Å²) in [7, 11) is 0. The molecule has 1 atom stereocenters. The van der Waals surface area contributed by atoms with Gasteiger partial charge in [0, 0.05) is 19.2 Å². The lowest BCUT2D eigenvalue weighted by atomic mass is 10.2. The molecule has 2 aliphatic rings. The summed E-state index contributed by atoms with van der Waals surface area (Å²) in [4.78, 5) is 19.2. The van der Waals surface area contributed by atoms with Crippen LogP contribution >= 0.6 is 11.3 Å². The molecule has 0 aliphatic carbocycles. The van der Waals surface area contributed by atoms with E-state index in [-0.39, 0.29) is 19.0 Å². The van der Waals surface area contributed by atoms with E-state index in [2.05, 4.69) is 10.6 Å². The molecular formula is C21H21N3O5S. The second-order valence-electron chi connectivity index (χ2n) is 7.10. The van der Waals surface area contributed by atoms with Crippen LogP contribution in [-0.4, -0.2) is 35.4 Å². The summed E-state index contributed by atoms with van der Waals surface area (Å²) in [5.41, 5.74) is 4.38. The first-order valence-electron chi connectivity index (χ1n) is 9.84. The quantitative estimate of drug-likeness (QED) is 0.606. The predicted molar refractivity (Wildman–Crippen MR) is 109 cm³/mol. The summed E-state index contributed by atoms with van der Waals surface area (Å²) >= 11 is 1.37. The third-order valence-electron chi connectivity index (χ3n) is 4.93. The lowest BCUT2D eigenvalue weighted by Gasteiger charge is -2.21. The average Bonchev–Trinajstić information content (AvgIpc) is 3.52. The van der Waals surface area contributed by atoms with E-state index in [0.29, 0.717) is 18.0 Å². The van der Waals surface area contributed by atoms with Crippen molar-refractivity contribution in [1.82, 2.24) is 15.3 Å². The van der Waals surface area contributed by atoms with Gasteiger partial charge in [0.25, 0.3) is 5.91 Å². The topological polar surface area (TPSA) is 83.8 Å². The van der Waals surface area contributed by atoms with Gasteiger partial charge < -0.3 is 14.2 Å². The van der Waals surface area contributed by atoms with Gasteiger partial charge in [-0.05, 0) is 48.7 Å². The number of thiophene rings is 1. The van der Waals surface area contributed by atoms with E-state index in [4.69, 9.17) is 19.0 Å². The summed E-state index contributed by atoms with van der Waals surface area (Å²) in [5, 5.41) is 4.63. The minimum atomic E-state index is -0.367. The van der Waals surface area contributed by atoms with Crippen molar-refractivity contribution >= 4 is 17.2 Å². The van der Waals surface area contributed by atoms with Gasteiger partial charge in [-0.3, -0.25) is 9.48 Å². The highest BCUT2D eigenvalue weighted by Gasteiger charge is 2.18. The van der Waals surface area contributed by atoms with Crippen molar-refractivity contribution in [3.63, 3.8) is 0 Å². The Morgan fingerprint density at radius 3 is 3.03 bits per heavy atom. The normalized spacial score (nSPS) is 17.8. The molecule has 3 aromatic rings. The third kappa shape index (κ3) is 4.18. The molecule has 0 spiro atoms. The van der Waals surface area contributed by atoms with E-state index in [0.717, 1.165) is 46.9 Å². The molecule has 156 valence electrons. The van der Waals surface area contributed by atoms with Gasteiger partial charge in [0.2, 0.25) is 6.79 Å². The van der Waals surface area contributed by atoms with Crippen molar-refractivity contribution in [2.75, 3.05) is 13.4 Å². The second kappa shape index (κ2) is 8.47. The Morgan fingerprint density at radius 1 is 1.20 bits per heavy atom. The number of aromatic nitrogens is 2. The van der Waals surface area contributed by atoms with Crippen LogP contribution in [0, 0.1) is 0 Å². The zero-order valence-corrected chi connectivity index (χ0v) is 17.0. The molecule has 0 radical (unpaired) electrons. The number of amides is 1. The molecule has 30 heavy (non-hydrogen) atoms. The number of hydrogen-bond donors (Lipinski definition) is 1. The van der Waals surface area contributed by atoms with Gasteiger partial charge in [-0.2, -0.15) is 5.10 Å². The number of hydrogen-bond acceptors (Lipinski definition) is 7. The van der Waals surface area contributed by atoms with Crippen LogP contribution in [0.3, 0.4) is 0 Å². The van der Waals surface area contributed by atoms with Crippen LogP contribution in [0.25, 0.3) is 10.6 Å². The lowest BCUT2D eigenvalue weighted by molar-refractivity contribution is -0.186. The number of nitrogens with zero attached hydrogens (tertiary/aromatic N) is 2. The van der Waals surface area contributed by atoms with E-state index in [1.807, 2.05) is 41.2 Å². The second-order valence-corrected chi connectivity index (χ2v) is 8.18. The summed E-state index contributed by atoms with van der Waals surface area (Å²) in [5.74, 6) is 1.25. The summed E-state index contributed by atoms with van der Waals surface area (Å²) in [6, 6.07) is 11.5. The number of rotatable bonds is 6. The highest BCUT2D eigenvalue weighted by Crippen LogP contribution is 2.33. The molecule has 0 bridgehead atoms. The monoisotopic (exact) mass is 427 g/mol. The number of benzene rings is 1. The zero-order valence-electron chi connectivity index (χ0n) is 16.2. The summed E-state index contributed by atoms with van der Waals surface area (Å²) in [6.07, 6.45) is 4.41. The molecule has 2 aliphatic heterocycles. The summed E-state index contributed by atoms with van der Waals surface area (Å²) in [6.45, 7) is 1.54. The predicted octanol–water partition coefficient (Wildman–Crippen LogP) is 3.58. The van der Waals surface area contributed by atoms with Crippen LogP contribution in [0.2, 0.25) is 0 Å². The molecule has 1 saturated heterocycles. The van der Waals surface area contributed by atoms with Gasteiger partial charge in [-0.15, -0.1) is 11.3 Å². The Morgan fingerprint density at radius 2 is 2.13 bits per heavy atom. The molecule has 9 heteroatoms. The molecule has 1 fully saturated rings. The van der Waals surface area contributed by atoms with E-state index < -0.39 is 0 Å². The Hall–Kier alpha value is -2.88. The van der Waals surface area contributed by atoms with Crippen LogP contribution in [0.5, 0.6) is 11.5 Å². The highest BCUT2D eigenvalue weighted by molar-refractivity contribution is 7.17. The number of carbonyl (C=O) groups excluding carboxylic acids is 1. The fourth-order valence-electron chi connectivity index (χ4n) is 3.38. The minimum Gasteiger partial charge on any atom is -0.454 e. The van der Waals surface area contributed by atoms with Gasteiger partial charge in [-0.25, -0.2) is 10.3 Å². The molecular weight excluding hydrogens is 406 g/mol. The maximum absolute atomic E-state index is 12.3. The first kappa shape index (κ1) is 19.1. The standard InChI is InChI=1S/C21H21N3O5S/c25-21(23-29-20-3-1-2-10-26-20)19-7-6-18(30-19)15-8-9-24(22-15)12-14-4-5-16-17(11-14)28-13-27-16/h4-9,11,20H,1-3,10,12-13H2,(H,23,25). The number of carbonyl (C=O) groups is 1. The van der Waals surface area contributed by atoms with Crippen LogP contribution in [0.15, 0.2) is 42.6 Å². The van der Waals surface area contributed by atoms with E-state index >= 15 is 0 Å². The summed E-state index contributed by atoms with van der Waals surface area (Å²) < 4.78 is 18.1. The van der Waals surface area contributed by atoms with Crippen molar-refractivity contribution in [3.8, 4) is 22.1 Å². The molecule has 0 saturated carbocycles. The molecule has 1 N–H and O–H groups in total. The molecule has 1 unspecified atom stereocenters. The van der Waals surface area contributed by atoms with Gasteiger partial charge >= 0.3 is 0 Å². The molecule has 8 nitrogen and oxygen atoms in total. The van der Waals surface area contributed by atoms with Crippen LogP contribution in [0.1, 0.15) is 34.5 Å². The number of fused-ring (bicyclic) bond motifs is 1. The van der Waals surface area contributed by atoms with Crippen molar-refractivity contribution in [3.05, 3.63) is 53.0 Å². The number of ether oxygens (including phenoxy) is 3. The Balaban J connectivity index is 1.21. The van der Waals surface area contributed by atoms with Crippen molar-refractivity contribution in [2.24, 2.45) is 0 Å². The van der Waals surface area contributed by atoms with Crippen LogP contribution < -0.4 is 15.0 Å². The lowest BCUT2D eigenvalue weighted by Crippen LogP contribution is -2.32. The molecule has 4 heterocycles. The molecule has 2 aromatic heterocycles. The van der Waals surface area contributed by atoms with Crippen molar-refractivity contribution in [2.45, 2.75) is 32.1 Å². The SMILES string of the molecule is O=C(NOC1CCCCO1)c1ccc(-c2ccn(Cc3ccc4c(c3)OCO4)n2)s1. The van der Waals surface area contributed by atoms with Gasteiger partial charge in [0.05, 0.1) is 16.3 Å². The van der Waals surface area contributed by atoms with Crippen molar-refractivity contribution < 1.29 is 23.8 Å². The van der Waals surface area contributed by atoms with Crippen molar-refractivity contribution in [1.29, 1.82) is 0 Å². The fourth-order valence-corrected chi connectivity index (χ4v) is 4.24. The zero-order chi connectivity index (χ0) is 20.3. The third-order valence-corrected chi connectivity index (χ3v) is 6.03. The smallest absolute Gasteiger partial charge is 0.285 e. The van der Waals surface area contributed by atoms with Crippen LogP contribution in [0.4, 0.5) is 0 Å². The fraction of sp³-hybridized carbons (Fsp3) is 0.333. The minimum absolute atomic E-state index is 0.262. The number of nitrogens with one attached hydrogen (secondary N) is 1. The van der Waals surface area contributed by atoms with Gasteiger partial charge in [0.15, 0.2) is 17.8 Å². The number of hydroxylamine groups is 1. The molecule has 1 amide bonds. The Kier molecular flexibility index (Phi) is 5.39. The maximum Gasteiger partial charge on any atom is 0.285 e. The first-order valence-corrected chi connectivity index (χ1v) is 10.7. The first-order chi connectivity index (χ1) is 14.7. The molecule has 1 aromatic carbocycles. The van der Waals surface area contributed by atoms with E-state index in [9.17, 15) is 4.79 Å². The molecule has 5 rings (SSSR count). The van der Waals surface area contributed by atoms with Gasteiger partial charge in [-0.1, -0.05) is 6.07 Å².